The van der Waals surface area contributed by atoms with Crippen LogP contribution in [0.15, 0.2) is 66.7 Å². The molecule has 3 aromatic rings. The number of nitrogens with zero attached hydrogens (tertiary/aromatic N) is 3. The third-order valence-electron chi connectivity index (χ3n) is 9.28. The highest BCUT2D eigenvalue weighted by Gasteiger charge is 2.29. The number of amides is 2. The largest absolute Gasteiger partial charge is 0.430 e. The van der Waals surface area contributed by atoms with E-state index < -0.39 is 6.09 Å². The molecule has 10 heteroatoms. The van der Waals surface area contributed by atoms with E-state index in [2.05, 4.69) is 25.4 Å². The van der Waals surface area contributed by atoms with Crippen LogP contribution in [0, 0.1) is 5.92 Å². The molecule has 0 aliphatic carbocycles. The summed E-state index contributed by atoms with van der Waals surface area (Å²) in [7, 11) is 0. The first-order valence-corrected chi connectivity index (χ1v) is 17.2. The highest BCUT2D eigenvalue weighted by atomic mass is 16.6. The molecule has 2 atom stereocenters. The minimum absolute atomic E-state index is 0.00684. The van der Waals surface area contributed by atoms with E-state index in [4.69, 9.17) is 4.74 Å². The molecule has 2 aliphatic rings. The van der Waals surface area contributed by atoms with Gasteiger partial charge in [-0.15, -0.1) is 0 Å². The summed E-state index contributed by atoms with van der Waals surface area (Å²) >= 11 is 0. The summed E-state index contributed by atoms with van der Waals surface area (Å²) < 4.78 is 5.91. The Kier molecular flexibility index (Phi) is 12.6. The number of piperidine rings is 2. The maximum Gasteiger partial charge on any atom is 0.413 e. The smallest absolute Gasteiger partial charge is 0.413 e. The van der Waals surface area contributed by atoms with Gasteiger partial charge >= 0.3 is 6.09 Å². The molecular weight excluding hydrogens is 592 g/mol. The Balaban J connectivity index is 1.05. The van der Waals surface area contributed by atoms with Gasteiger partial charge in [-0.05, 0) is 76.3 Å². The lowest BCUT2D eigenvalue weighted by Gasteiger charge is -2.34. The molecule has 10 nitrogen and oxygen atoms in total. The molecule has 0 spiro atoms. The molecule has 2 fully saturated rings. The molecule has 47 heavy (non-hydrogen) atoms. The third kappa shape index (κ3) is 9.53. The van der Waals surface area contributed by atoms with E-state index in [0.29, 0.717) is 31.0 Å². The van der Waals surface area contributed by atoms with Crippen molar-refractivity contribution in [1.82, 2.24) is 25.0 Å². The molecule has 3 heterocycles. The molecule has 1 aromatic heterocycles. The molecule has 2 aliphatic heterocycles. The predicted molar refractivity (Wildman–Crippen MR) is 185 cm³/mol. The SMILES string of the molecule is CCN(CC)C(=O)[C@@H]1CCCN(Cc2ccc(C(=O)CNCCN3CCCCC3OC(=O)Nc3ccccc3-c3ccccc3)[nH]2)C1. The van der Waals surface area contributed by atoms with E-state index in [1.165, 1.54) is 0 Å². The number of ketones is 1. The highest BCUT2D eigenvalue weighted by Crippen LogP contribution is 2.28. The number of nitrogens with one attached hydrogen (secondary N) is 3. The van der Waals surface area contributed by atoms with E-state index in [1.54, 1.807) is 0 Å². The van der Waals surface area contributed by atoms with Gasteiger partial charge in [-0.2, -0.15) is 0 Å². The van der Waals surface area contributed by atoms with Gasteiger partial charge in [0.25, 0.3) is 0 Å². The van der Waals surface area contributed by atoms with Crippen molar-refractivity contribution in [1.29, 1.82) is 0 Å². The summed E-state index contributed by atoms with van der Waals surface area (Å²) in [5.74, 6) is 0.301. The minimum Gasteiger partial charge on any atom is -0.430 e. The number of aromatic nitrogens is 1. The number of benzene rings is 2. The van der Waals surface area contributed by atoms with Crippen LogP contribution in [0.2, 0.25) is 0 Å². The number of aromatic amines is 1. The topological polar surface area (TPSA) is 110 Å². The molecule has 2 saturated heterocycles. The fourth-order valence-electron chi connectivity index (χ4n) is 6.72. The van der Waals surface area contributed by atoms with Gasteiger partial charge in [0.2, 0.25) is 5.91 Å². The summed E-state index contributed by atoms with van der Waals surface area (Å²) in [6.45, 7) is 10.3. The molecule has 0 saturated carbocycles. The van der Waals surface area contributed by atoms with Crippen LogP contribution in [0.25, 0.3) is 11.1 Å². The van der Waals surface area contributed by atoms with Crippen molar-refractivity contribution in [2.24, 2.45) is 5.92 Å². The number of likely N-dealkylation sites (tertiary alicyclic amines) is 2. The Morgan fingerprint density at radius 1 is 0.915 bits per heavy atom. The zero-order valence-corrected chi connectivity index (χ0v) is 27.9. The van der Waals surface area contributed by atoms with Crippen LogP contribution >= 0.6 is 0 Å². The van der Waals surface area contributed by atoms with Crippen molar-refractivity contribution in [3.05, 3.63) is 78.1 Å². The Bertz CT molecular complexity index is 1460. The second kappa shape index (κ2) is 17.2. The first-order valence-electron chi connectivity index (χ1n) is 17.2. The van der Waals surface area contributed by atoms with Crippen LogP contribution in [-0.4, -0.2) is 96.1 Å². The quantitative estimate of drug-likeness (QED) is 0.155. The fraction of sp³-hybridized carbons (Fsp3) is 0.486. The number of para-hydroxylation sites is 1. The monoisotopic (exact) mass is 642 g/mol. The standard InChI is InChI=1S/C37H50N6O4/c1-3-42(4-2)36(45)29-15-12-22-41(26-29)27-30-19-20-33(39-30)34(44)25-38-21-24-43-23-11-10-18-35(43)47-37(46)40-32-17-9-8-16-31(32)28-13-6-5-7-14-28/h5-9,13-14,16-17,19-20,29,35,38-39H,3-4,10-12,15,18,21-27H2,1-2H3,(H,40,46)/t29-,35?/m1/s1. The molecule has 252 valence electrons. The minimum atomic E-state index is -0.466. The maximum absolute atomic E-state index is 13.0. The average molecular weight is 643 g/mol. The van der Waals surface area contributed by atoms with E-state index in [1.807, 2.05) is 85.5 Å². The second-order valence-electron chi connectivity index (χ2n) is 12.5. The Hall–Kier alpha value is -3.99. The normalized spacial score (nSPS) is 18.9. The number of Topliss-reactive ketones (excluding diaryl/α,β-unsaturated/α-hetero) is 1. The van der Waals surface area contributed by atoms with Crippen LogP contribution in [0.4, 0.5) is 10.5 Å². The molecule has 1 unspecified atom stereocenters. The molecule has 2 aromatic carbocycles. The van der Waals surface area contributed by atoms with Crippen molar-refractivity contribution in [3.8, 4) is 11.1 Å². The number of carbonyl (C=O) groups excluding carboxylic acids is 3. The van der Waals surface area contributed by atoms with Gasteiger partial charge in [0.15, 0.2) is 12.0 Å². The number of carbonyl (C=O) groups is 3. The van der Waals surface area contributed by atoms with E-state index in [0.717, 1.165) is 81.6 Å². The molecule has 0 radical (unpaired) electrons. The van der Waals surface area contributed by atoms with Crippen molar-refractivity contribution >= 4 is 23.5 Å². The van der Waals surface area contributed by atoms with Crippen LogP contribution in [0.3, 0.4) is 0 Å². The van der Waals surface area contributed by atoms with Gasteiger partial charge in [0, 0.05) is 57.1 Å². The Labute approximate surface area is 278 Å². The average Bonchev–Trinajstić information content (AvgIpc) is 3.57. The van der Waals surface area contributed by atoms with Gasteiger partial charge in [-0.1, -0.05) is 48.5 Å². The van der Waals surface area contributed by atoms with E-state index in [9.17, 15) is 14.4 Å². The summed E-state index contributed by atoms with van der Waals surface area (Å²) in [6.07, 6.45) is 3.99. The van der Waals surface area contributed by atoms with Crippen LogP contribution in [0.1, 0.15) is 62.1 Å². The molecule has 5 rings (SSSR count). The van der Waals surface area contributed by atoms with Gasteiger partial charge in [-0.3, -0.25) is 24.7 Å². The summed E-state index contributed by atoms with van der Waals surface area (Å²) in [5.41, 5.74) is 4.26. The van der Waals surface area contributed by atoms with Gasteiger partial charge in [-0.25, -0.2) is 4.79 Å². The first-order chi connectivity index (χ1) is 22.9. The molecule has 0 bridgehead atoms. The number of rotatable bonds is 14. The highest BCUT2D eigenvalue weighted by molar-refractivity contribution is 5.96. The summed E-state index contributed by atoms with van der Waals surface area (Å²) in [4.78, 5) is 48.5. The first kappa shape index (κ1) is 34.3. The van der Waals surface area contributed by atoms with E-state index in [-0.39, 0.29) is 30.4 Å². The van der Waals surface area contributed by atoms with Crippen molar-refractivity contribution in [2.75, 3.05) is 57.7 Å². The molecule has 3 N–H and O–H groups in total. The second-order valence-corrected chi connectivity index (χ2v) is 12.5. The lowest BCUT2D eigenvalue weighted by atomic mass is 9.96. The maximum atomic E-state index is 13.0. The van der Waals surface area contributed by atoms with Crippen LogP contribution < -0.4 is 10.6 Å². The van der Waals surface area contributed by atoms with Gasteiger partial charge in [0.05, 0.1) is 23.8 Å². The summed E-state index contributed by atoms with van der Waals surface area (Å²) in [5, 5.41) is 6.23. The fourth-order valence-corrected chi connectivity index (χ4v) is 6.72. The number of H-pyrrole nitrogens is 1. The predicted octanol–water partition coefficient (Wildman–Crippen LogP) is 5.60. The van der Waals surface area contributed by atoms with Gasteiger partial charge < -0.3 is 19.9 Å². The van der Waals surface area contributed by atoms with Crippen molar-refractivity contribution in [3.63, 3.8) is 0 Å². The number of ether oxygens (including phenoxy) is 1. The number of hydrogen-bond acceptors (Lipinski definition) is 7. The van der Waals surface area contributed by atoms with Crippen LogP contribution in [0.5, 0.6) is 0 Å². The Morgan fingerprint density at radius 2 is 1.70 bits per heavy atom. The molecule has 2 amide bonds. The van der Waals surface area contributed by atoms with Crippen molar-refractivity contribution in [2.45, 2.75) is 58.7 Å². The number of anilines is 1. The lowest BCUT2D eigenvalue weighted by Crippen LogP contribution is -2.46. The van der Waals surface area contributed by atoms with Crippen LogP contribution in [-0.2, 0) is 16.1 Å². The summed E-state index contributed by atoms with van der Waals surface area (Å²) in [6, 6.07) is 21.5. The lowest BCUT2D eigenvalue weighted by molar-refractivity contribution is -0.137. The Morgan fingerprint density at radius 3 is 2.51 bits per heavy atom. The zero-order valence-electron chi connectivity index (χ0n) is 27.9. The third-order valence-corrected chi connectivity index (χ3v) is 9.28. The molecular formula is C37H50N6O4. The van der Waals surface area contributed by atoms with Crippen molar-refractivity contribution < 1.29 is 19.1 Å². The number of hydrogen-bond donors (Lipinski definition) is 3. The van der Waals surface area contributed by atoms with Gasteiger partial charge in [0.1, 0.15) is 0 Å². The zero-order chi connectivity index (χ0) is 33.0. The van der Waals surface area contributed by atoms with E-state index >= 15 is 0 Å².